The van der Waals surface area contributed by atoms with E-state index in [9.17, 15) is 0 Å². The molecule has 1 heterocycles. The molecule has 0 amide bonds. The average molecular weight is 287 g/mol. The third-order valence-corrected chi connectivity index (χ3v) is 3.75. The molecule has 0 spiro atoms. The Bertz CT molecular complexity index is 555. The minimum Gasteiger partial charge on any atom is -0.372 e. The van der Waals surface area contributed by atoms with Gasteiger partial charge < -0.3 is 10.6 Å². The summed E-state index contributed by atoms with van der Waals surface area (Å²) in [4.78, 5) is 2.32. The van der Waals surface area contributed by atoms with Crippen molar-refractivity contribution in [3.05, 3.63) is 35.7 Å². The van der Waals surface area contributed by atoms with Crippen LogP contribution in [0.3, 0.4) is 0 Å². The second-order valence-corrected chi connectivity index (χ2v) is 5.04. The van der Waals surface area contributed by atoms with Crippen molar-refractivity contribution < 1.29 is 0 Å². The molecule has 5 nitrogen and oxygen atoms in total. The standard InChI is InChI=1S/C16H25N5/c1-4-7-16-15(12-17)18-19-21(16)14-10-8-13(9-11-14)20(5-2)6-3/h8-11H,4-7,12,17H2,1-3H3. The molecule has 114 valence electrons. The Balaban J connectivity index is 2.32. The molecule has 0 saturated heterocycles. The van der Waals surface area contributed by atoms with Gasteiger partial charge in [-0.25, -0.2) is 4.68 Å². The normalized spacial score (nSPS) is 10.9. The number of hydrogen-bond donors (Lipinski definition) is 1. The summed E-state index contributed by atoms with van der Waals surface area (Å²) < 4.78 is 1.91. The van der Waals surface area contributed by atoms with Crippen LogP contribution in [0.5, 0.6) is 0 Å². The second kappa shape index (κ2) is 7.22. The Kier molecular flexibility index (Phi) is 5.33. The molecule has 2 aromatic rings. The molecule has 0 unspecified atom stereocenters. The van der Waals surface area contributed by atoms with E-state index in [1.165, 1.54) is 5.69 Å². The molecule has 0 atom stereocenters. The fraction of sp³-hybridized carbons (Fsp3) is 0.500. The van der Waals surface area contributed by atoms with Crippen LogP contribution in [0.2, 0.25) is 0 Å². The van der Waals surface area contributed by atoms with Crippen molar-refractivity contribution in [3.63, 3.8) is 0 Å². The monoisotopic (exact) mass is 287 g/mol. The largest absolute Gasteiger partial charge is 0.372 e. The quantitative estimate of drug-likeness (QED) is 0.850. The van der Waals surface area contributed by atoms with Crippen molar-refractivity contribution in [1.82, 2.24) is 15.0 Å². The molecule has 0 aliphatic rings. The van der Waals surface area contributed by atoms with E-state index in [-0.39, 0.29) is 0 Å². The van der Waals surface area contributed by atoms with Gasteiger partial charge in [0.15, 0.2) is 0 Å². The number of anilines is 1. The van der Waals surface area contributed by atoms with Crippen LogP contribution in [0, 0.1) is 0 Å². The third-order valence-electron chi connectivity index (χ3n) is 3.75. The summed E-state index contributed by atoms with van der Waals surface area (Å²) in [5.74, 6) is 0. The summed E-state index contributed by atoms with van der Waals surface area (Å²) in [5.41, 5.74) is 10.0. The Labute approximate surface area is 126 Å². The highest BCUT2D eigenvalue weighted by Crippen LogP contribution is 2.19. The number of nitrogens with zero attached hydrogens (tertiary/aromatic N) is 4. The van der Waals surface area contributed by atoms with Gasteiger partial charge in [0.2, 0.25) is 0 Å². The van der Waals surface area contributed by atoms with E-state index in [4.69, 9.17) is 5.73 Å². The van der Waals surface area contributed by atoms with Gasteiger partial charge in [0, 0.05) is 25.3 Å². The summed E-state index contributed by atoms with van der Waals surface area (Å²) in [6.07, 6.45) is 2.00. The molecule has 5 heteroatoms. The minimum atomic E-state index is 0.437. The fourth-order valence-corrected chi connectivity index (χ4v) is 2.58. The first-order valence-corrected chi connectivity index (χ1v) is 7.73. The van der Waals surface area contributed by atoms with Gasteiger partial charge in [-0.05, 0) is 44.5 Å². The summed E-state index contributed by atoms with van der Waals surface area (Å²) in [6.45, 7) is 8.95. The summed E-state index contributed by atoms with van der Waals surface area (Å²) in [5, 5.41) is 8.46. The molecule has 2 rings (SSSR count). The molecule has 0 fully saturated rings. The number of nitrogens with two attached hydrogens (primary N) is 1. The fourth-order valence-electron chi connectivity index (χ4n) is 2.58. The van der Waals surface area contributed by atoms with Crippen molar-refractivity contribution in [3.8, 4) is 5.69 Å². The SMILES string of the molecule is CCCc1c(CN)nnn1-c1ccc(N(CC)CC)cc1. The van der Waals surface area contributed by atoms with Crippen molar-refractivity contribution >= 4 is 5.69 Å². The zero-order valence-electron chi connectivity index (χ0n) is 13.2. The molecule has 0 aliphatic carbocycles. The van der Waals surface area contributed by atoms with E-state index < -0.39 is 0 Å². The number of aromatic nitrogens is 3. The first-order chi connectivity index (χ1) is 10.2. The predicted octanol–water partition coefficient (Wildman–Crippen LogP) is 2.52. The van der Waals surface area contributed by atoms with Crippen molar-refractivity contribution in [2.24, 2.45) is 5.73 Å². The number of hydrogen-bond acceptors (Lipinski definition) is 4. The Morgan fingerprint density at radius 3 is 2.29 bits per heavy atom. The van der Waals surface area contributed by atoms with E-state index in [2.05, 4.69) is 60.2 Å². The van der Waals surface area contributed by atoms with Crippen LogP contribution in [0.4, 0.5) is 5.69 Å². The Morgan fingerprint density at radius 1 is 1.10 bits per heavy atom. The molecular formula is C16H25N5. The van der Waals surface area contributed by atoms with Gasteiger partial charge in [-0.15, -0.1) is 5.10 Å². The molecule has 1 aromatic heterocycles. The highest BCUT2D eigenvalue weighted by molar-refractivity contribution is 5.51. The highest BCUT2D eigenvalue weighted by Gasteiger charge is 2.12. The van der Waals surface area contributed by atoms with Crippen LogP contribution in [-0.2, 0) is 13.0 Å². The number of rotatable bonds is 7. The van der Waals surface area contributed by atoms with Crippen LogP contribution in [-0.4, -0.2) is 28.1 Å². The van der Waals surface area contributed by atoms with Crippen molar-refractivity contribution in [2.45, 2.75) is 40.2 Å². The van der Waals surface area contributed by atoms with Crippen LogP contribution in [0.15, 0.2) is 24.3 Å². The van der Waals surface area contributed by atoms with Crippen molar-refractivity contribution in [1.29, 1.82) is 0 Å². The summed E-state index contributed by atoms with van der Waals surface area (Å²) >= 11 is 0. The Morgan fingerprint density at radius 2 is 1.76 bits per heavy atom. The Hall–Kier alpha value is -1.88. The molecule has 0 radical (unpaired) electrons. The first-order valence-electron chi connectivity index (χ1n) is 7.73. The summed E-state index contributed by atoms with van der Waals surface area (Å²) in [7, 11) is 0. The van der Waals surface area contributed by atoms with Gasteiger partial charge in [0.25, 0.3) is 0 Å². The minimum absolute atomic E-state index is 0.437. The maximum atomic E-state index is 5.75. The predicted molar refractivity (Wildman–Crippen MR) is 86.8 cm³/mol. The maximum absolute atomic E-state index is 5.75. The average Bonchev–Trinajstić information content (AvgIpc) is 2.92. The van der Waals surface area contributed by atoms with Gasteiger partial charge >= 0.3 is 0 Å². The van der Waals surface area contributed by atoms with E-state index in [0.717, 1.165) is 43.0 Å². The highest BCUT2D eigenvalue weighted by atomic mass is 15.4. The molecular weight excluding hydrogens is 262 g/mol. The first kappa shape index (κ1) is 15.5. The number of benzene rings is 1. The van der Waals surface area contributed by atoms with E-state index in [1.807, 2.05) is 4.68 Å². The summed E-state index contributed by atoms with van der Waals surface area (Å²) in [6, 6.07) is 8.48. The van der Waals surface area contributed by atoms with Crippen molar-refractivity contribution in [2.75, 3.05) is 18.0 Å². The lowest BCUT2D eigenvalue weighted by atomic mass is 10.2. The lowest BCUT2D eigenvalue weighted by Crippen LogP contribution is -2.21. The van der Waals surface area contributed by atoms with Gasteiger partial charge in [-0.3, -0.25) is 0 Å². The van der Waals surface area contributed by atoms with Gasteiger partial charge in [0.1, 0.15) is 0 Å². The lowest BCUT2D eigenvalue weighted by molar-refractivity contribution is 0.745. The zero-order valence-corrected chi connectivity index (χ0v) is 13.2. The van der Waals surface area contributed by atoms with Gasteiger partial charge in [-0.1, -0.05) is 18.6 Å². The second-order valence-electron chi connectivity index (χ2n) is 5.04. The zero-order chi connectivity index (χ0) is 15.2. The molecule has 0 aliphatic heterocycles. The maximum Gasteiger partial charge on any atom is 0.0999 e. The van der Waals surface area contributed by atoms with E-state index >= 15 is 0 Å². The third kappa shape index (κ3) is 3.24. The molecule has 21 heavy (non-hydrogen) atoms. The lowest BCUT2D eigenvalue weighted by Gasteiger charge is -2.21. The van der Waals surface area contributed by atoms with E-state index in [1.54, 1.807) is 0 Å². The smallest absolute Gasteiger partial charge is 0.0999 e. The van der Waals surface area contributed by atoms with Gasteiger partial charge in [-0.2, -0.15) is 0 Å². The molecule has 0 saturated carbocycles. The van der Waals surface area contributed by atoms with Gasteiger partial charge in [0.05, 0.1) is 17.1 Å². The molecule has 1 aromatic carbocycles. The van der Waals surface area contributed by atoms with Crippen LogP contribution in [0.25, 0.3) is 5.69 Å². The molecule has 2 N–H and O–H groups in total. The van der Waals surface area contributed by atoms with E-state index in [0.29, 0.717) is 6.54 Å². The van der Waals surface area contributed by atoms with Crippen LogP contribution >= 0.6 is 0 Å². The van der Waals surface area contributed by atoms with Crippen LogP contribution < -0.4 is 10.6 Å². The van der Waals surface area contributed by atoms with Crippen LogP contribution in [0.1, 0.15) is 38.6 Å². The topological polar surface area (TPSA) is 60.0 Å². The molecule has 0 bridgehead atoms.